The van der Waals surface area contributed by atoms with Gasteiger partial charge < -0.3 is 14.5 Å². The van der Waals surface area contributed by atoms with Crippen LogP contribution in [-0.4, -0.2) is 29.4 Å². The summed E-state index contributed by atoms with van der Waals surface area (Å²) >= 11 is 1.25. The van der Waals surface area contributed by atoms with E-state index in [1.165, 1.54) is 24.9 Å². The van der Waals surface area contributed by atoms with Crippen molar-refractivity contribution in [2.24, 2.45) is 0 Å². The highest BCUT2D eigenvalue weighted by atomic mass is 32.2. The van der Waals surface area contributed by atoms with Gasteiger partial charge in [-0.15, -0.1) is 0 Å². The number of nitrogens with one attached hydrogen (secondary N) is 2. The minimum absolute atomic E-state index is 0.111. The van der Waals surface area contributed by atoms with Crippen molar-refractivity contribution >= 4 is 23.5 Å². The Labute approximate surface area is 170 Å². The minimum Gasteiger partial charge on any atom is -0.493 e. The van der Waals surface area contributed by atoms with E-state index in [0.29, 0.717) is 16.4 Å². The zero-order valence-corrected chi connectivity index (χ0v) is 16.4. The molecular formula is C20H16N4O4S. The SMILES string of the molecule is COc1cc(-c2nc(SC)[nH]c(=O)c2C#N)ccc1OC(=O)Nc1ccccc1. The summed E-state index contributed by atoms with van der Waals surface area (Å²) in [5.41, 5.74) is 0.655. The fourth-order valence-electron chi connectivity index (χ4n) is 2.53. The Morgan fingerprint density at radius 1 is 1.21 bits per heavy atom. The Morgan fingerprint density at radius 2 is 1.97 bits per heavy atom. The van der Waals surface area contributed by atoms with E-state index in [1.54, 1.807) is 42.7 Å². The molecule has 2 aromatic carbocycles. The molecule has 0 aliphatic heterocycles. The van der Waals surface area contributed by atoms with E-state index >= 15 is 0 Å². The molecule has 0 atom stereocenters. The molecule has 0 spiro atoms. The lowest BCUT2D eigenvalue weighted by Gasteiger charge is -2.12. The molecule has 29 heavy (non-hydrogen) atoms. The fourth-order valence-corrected chi connectivity index (χ4v) is 2.90. The molecule has 3 aromatic rings. The van der Waals surface area contributed by atoms with Gasteiger partial charge in [-0.05, 0) is 36.6 Å². The van der Waals surface area contributed by atoms with Crippen LogP contribution in [0.4, 0.5) is 10.5 Å². The van der Waals surface area contributed by atoms with Crippen molar-refractivity contribution < 1.29 is 14.3 Å². The number of aromatic nitrogens is 2. The van der Waals surface area contributed by atoms with Gasteiger partial charge >= 0.3 is 6.09 Å². The number of ether oxygens (including phenoxy) is 2. The van der Waals surface area contributed by atoms with Crippen LogP contribution in [0, 0.1) is 11.3 Å². The standard InChI is InChI=1S/C20H16N4O4S/c1-27-16-10-12(17-14(11-21)18(25)24-19(23-17)29-2)8-9-15(16)28-20(26)22-13-6-4-3-5-7-13/h3-10H,1-2H3,(H,22,26)(H,23,24,25). The molecule has 8 nitrogen and oxygen atoms in total. The maximum Gasteiger partial charge on any atom is 0.417 e. The molecule has 146 valence electrons. The van der Waals surface area contributed by atoms with E-state index in [9.17, 15) is 14.9 Å². The third-order valence-electron chi connectivity index (χ3n) is 3.86. The lowest BCUT2D eigenvalue weighted by atomic mass is 10.1. The largest absolute Gasteiger partial charge is 0.493 e. The Kier molecular flexibility index (Phi) is 6.16. The second kappa shape index (κ2) is 8.95. The van der Waals surface area contributed by atoms with Crippen LogP contribution in [0.25, 0.3) is 11.3 Å². The first-order chi connectivity index (χ1) is 14.0. The quantitative estimate of drug-likeness (QED) is 0.489. The number of H-pyrrole nitrogens is 1. The van der Waals surface area contributed by atoms with Gasteiger partial charge in [-0.2, -0.15) is 5.26 Å². The number of nitrogens with zero attached hydrogens (tertiary/aromatic N) is 2. The first kappa shape index (κ1) is 20.0. The van der Waals surface area contributed by atoms with Gasteiger partial charge in [0.1, 0.15) is 11.6 Å². The number of anilines is 1. The summed E-state index contributed by atoms with van der Waals surface area (Å²) in [4.78, 5) is 31.1. The molecule has 0 unspecified atom stereocenters. The van der Waals surface area contributed by atoms with Crippen LogP contribution in [0.3, 0.4) is 0 Å². The van der Waals surface area contributed by atoms with Gasteiger partial charge in [0.05, 0.1) is 12.8 Å². The van der Waals surface area contributed by atoms with Crippen molar-refractivity contribution in [3.8, 4) is 28.8 Å². The highest BCUT2D eigenvalue weighted by molar-refractivity contribution is 7.98. The van der Waals surface area contributed by atoms with Crippen LogP contribution >= 0.6 is 11.8 Å². The smallest absolute Gasteiger partial charge is 0.417 e. The predicted molar refractivity (Wildman–Crippen MR) is 109 cm³/mol. The number of aromatic amines is 1. The molecule has 2 N–H and O–H groups in total. The number of benzene rings is 2. The van der Waals surface area contributed by atoms with Crippen LogP contribution in [-0.2, 0) is 0 Å². The van der Waals surface area contributed by atoms with Crippen LogP contribution in [0.5, 0.6) is 11.5 Å². The van der Waals surface area contributed by atoms with E-state index < -0.39 is 11.7 Å². The van der Waals surface area contributed by atoms with Crippen LogP contribution < -0.4 is 20.3 Å². The lowest BCUT2D eigenvalue weighted by molar-refractivity contribution is 0.213. The van der Waals surface area contributed by atoms with Crippen molar-refractivity contribution in [2.45, 2.75) is 5.16 Å². The van der Waals surface area contributed by atoms with Gasteiger partial charge in [-0.25, -0.2) is 9.78 Å². The Morgan fingerprint density at radius 3 is 2.62 bits per heavy atom. The van der Waals surface area contributed by atoms with E-state index in [1.807, 2.05) is 12.1 Å². The summed E-state index contributed by atoms with van der Waals surface area (Å²) < 4.78 is 10.6. The van der Waals surface area contributed by atoms with Crippen molar-refractivity contribution in [1.29, 1.82) is 5.26 Å². The summed E-state index contributed by atoms with van der Waals surface area (Å²) in [5.74, 6) is 0.431. The minimum atomic E-state index is -0.682. The first-order valence-corrected chi connectivity index (χ1v) is 9.59. The fraction of sp³-hybridized carbons (Fsp3) is 0.100. The van der Waals surface area contributed by atoms with Crippen LogP contribution in [0.2, 0.25) is 0 Å². The first-order valence-electron chi connectivity index (χ1n) is 8.36. The van der Waals surface area contributed by atoms with Gasteiger partial charge in [0, 0.05) is 11.3 Å². The van der Waals surface area contributed by atoms with Gasteiger partial charge in [-0.3, -0.25) is 10.1 Å². The normalized spacial score (nSPS) is 10.1. The summed E-state index contributed by atoms with van der Waals surface area (Å²) in [7, 11) is 1.42. The second-order valence-corrected chi connectivity index (χ2v) is 6.45. The van der Waals surface area contributed by atoms with Crippen molar-refractivity contribution in [1.82, 2.24) is 9.97 Å². The highest BCUT2D eigenvalue weighted by Gasteiger charge is 2.17. The molecule has 0 bridgehead atoms. The van der Waals surface area contributed by atoms with Gasteiger partial charge in [0.25, 0.3) is 5.56 Å². The second-order valence-electron chi connectivity index (χ2n) is 5.66. The Bertz CT molecular complexity index is 1140. The number of amides is 1. The van der Waals surface area contributed by atoms with E-state index in [0.717, 1.165) is 0 Å². The number of hydrogen-bond acceptors (Lipinski definition) is 7. The van der Waals surface area contributed by atoms with Gasteiger partial charge in [-0.1, -0.05) is 30.0 Å². The molecule has 0 fully saturated rings. The number of methoxy groups -OCH3 is 1. The molecule has 3 rings (SSSR count). The molecule has 0 saturated heterocycles. The topological polar surface area (TPSA) is 117 Å². The van der Waals surface area contributed by atoms with Crippen molar-refractivity contribution in [2.75, 3.05) is 18.7 Å². The molecule has 0 saturated carbocycles. The van der Waals surface area contributed by atoms with E-state index in [2.05, 4.69) is 15.3 Å². The van der Waals surface area contributed by atoms with Gasteiger partial charge in [0.2, 0.25) is 0 Å². The molecule has 1 amide bonds. The molecule has 0 aliphatic carbocycles. The average molecular weight is 408 g/mol. The van der Waals surface area contributed by atoms with Crippen molar-refractivity contribution in [3.05, 3.63) is 64.4 Å². The maximum atomic E-state index is 12.1. The molecule has 1 aromatic heterocycles. The molecule has 1 heterocycles. The number of carbonyl (C=O) groups excluding carboxylic acids is 1. The van der Waals surface area contributed by atoms with E-state index in [-0.39, 0.29) is 22.8 Å². The van der Waals surface area contributed by atoms with Crippen LogP contribution in [0.15, 0.2) is 58.5 Å². The number of nitriles is 1. The zero-order valence-electron chi connectivity index (χ0n) is 15.6. The molecule has 0 radical (unpaired) electrons. The third kappa shape index (κ3) is 4.56. The number of thioether (sulfide) groups is 1. The number of para-hydroxylation sites is 1. The highest BCUT2D eigenvalue weighted by Crippen LogP contribution is 2.33. The summed E-state index contributed by atoms with van der Waals surface area (Å²) in [6.45, 7) is 0. The molecule has 0 aliphatic rings. The zero-order chi connectivity index (χ0) is 20.8. The van der Waals surface area contributed by atoms with E-state index in [4.69, 9.17) is 9.47 Å². The Balaban J connectivity index is 1.92. The lowest BCUT2D eigenvalue weighted by Crippen LogP contribution is -2.17. The van der Waals surface area contributed by atoms with Crippen LogP contribution in [0.1, 0.15) is 5.56 Å². The predicted octanol–water partition coefficient (Wildman–Crippen LogP) is 3.65. The average Bonchev–Trinajstić information content (AvgIpc) is 2.74. The molecular weight excluding hydrogens is 392 g/mol. The summed E-state index contributed by atoms with van der Waals surface area (Å²) in [6.07, 6.45) is 1.08. The Hall–Kier alpha value is -3.77. The molecule has 9 heteroatoms. The maximum absolute atomic E-state index is 12.1. The number of rotatable bonds is 5. The number of hydrogen-bond donors (Lipinski definition) is 2. The van der Waals surface area contributed by atoms with Gasteiger partial charge in [0.15, 0.2) is 16.7 Å². The third-order valence-corrected chi connectivity index (χ3v) is 4.44. The van der Waals surface area contributed by atoms with Crippen molar-refractivity contribution in [3.63, 3.8) is 0 Å². The summed E-state index contributed by atoms with van der Waals surface area (Å²) in [5, 5.41) is 12.3. The summed E-state index contributed by atoms with van der Waals surface area (Å²) in [6, 6.07) is 15.4. The monoisotopic (exact) mass is 408 g/mol. The number of carbonyl (C=O) groups is 1.